The fourth-order valence-corrected chi connectivity index (χ4v) is 3.20. The van der Waals surface area contributed by atoms with E-state index in [0.717, 1.165) is 18.4 Å². The topological polar surface area (TPSA) is 60.9 Å². The Hall–Kier alpha value is -1.66. The molecule has 1 aliphatic carbocycles. The maximum Gasteiger partial charge on any atom is 0.347 e. The van der Waals surface area contributed by atoms with Crippen molar-refractivity contribution in [2.24, 2.45) is 0 Å². The monoisotopic (exact) mass is 379 g/mol. The molecule has 1 aromatic carbocycles. The van der Waals surface area contributed by atoms with Crippen LogP contribution in [0.2, 0.25) is 5.02 Å². The van der Waals surface area contributed by atoms with Gasteiger partial charge >= 0.3 is 5.63 Å². The van der Waals surface area contributed by atoms with Crippen LogP contribution in [0.4, 0.5) is 0 Å². The summed E-state index contributed by atoms with van der Waals surface area (Å²) in [5.41, 5.74) is 1.72. The molecule has 7 heteroatoms. The molecule has 0 saturated heterocycles. The molecule has 112 valence electrons. The number of hydrogen-bond acceptors (Lipinski definition) is 4. The molecule has 4 rings (SSSR count). The van der Waals surface area contributed by atoms with Crippen molar-refractivity contribution in [3.05, 3.63) is 43.8 Å². The molecule has 1 aliphatic rings. The summed E-state index contributed by atoms with van der Waals surface area (Å²) in [5, 5.41) is 5.30. The third kappa shape index (κ3) is 2.27. The predicted molar refractivity (Wildman–Crippen MR) is 87.2 cm³/mol. The zero-order valence-electron chi connectivity index (χ0n) is 11.6. The summed E-state index contributed by atoms with van der Waals surface area (Å²) < 4.78 is 7.98. The molecule has 0 amide bonds. The lowest BCUT2D eigenvalue weighted by molar-refractivity contribution is 0.505. The zero-order chi connectivity index (χ0) is 15.4. The van der Waals surface area contributed by atoms with Crippen LogP contribution in [-0.4, -0.2) is 14.8 Å². The molecule has 0 spiro atoms. The Morgan fingerprint density at radius 2 is 2.14 bits per heavy atom. The van der Waals surface area contributed by atoms with E-state index < -0.39 is 5.63 Å². The number of nitrogens with zero attached hydrogens (tertiary/aromatic N) is 3. The molecule has 0 unspecified atom stereocenters. The minimum Gasteiger partial charge on any atom is -0.401 e. The molecule has 2 heterocycles. The number of hydrogen-bond donors (Lipinski definition) is 0. The highest BCUT2D eigenvalue weighted by Crippen LogP contribution is 2.38. The molecule has 0 radical (unpaired) electrons. The van der Waals surface area contributed by atoms with Gasteiger partial charge < -0.3 is 4.42 Å². The van der Waals surface area contributed by atoms with Gasteiger partial charge in [-0.05, 0) is 53.4 Å². The van der Waals surface area contributed by atoms with E-state index >= 15 is 0 Å². The second-order valence-electron chi connectivity index (χ2n) is 5.45. The van der Waals surface area contributed by atoms with E-state index in [1.54, 1.807) is 12.1 Å². The van der Waals surface area contributed by atoms with Crippen LogP contribution < -0.4 is 5.63 Å². The van der Waals surface area contributed by atoms with Gasteiger partial charge in [0, 0.05) is 11.1 Å². The minimum absolute atomic E-state index is 0.285. The lowest BCUT2D eigenvalue weighted by Gasteiger charge is -2.06. The Morgan fingerprint density at radius 3 is 2.86 bits per heavy atom. The smallest absolute Gasteiger partial charge is 0.347 e. The van der Waals surface area contributed by atoms with Gasteiger partial charge in [-0.25, -0.2) is 9.78 Å². The van der Waals surface area contributed by atoms with Crippen LogP contribution in [0.5, 0.6) is 0 Å². The van der Waals surface area contributed by atoms with Crippen LogP contribution in [0.1, 0.15) is 24.4 Å². The van der Waals surface area contributed by atoms with Gasteiger partial charge in [0.2, 0.25) is 5.89 Å². The van der Waals surface area contributed by atoms with Gasteiger partial charge in [0.25, 0.3) is 0 Å². The molecule has 2 aromatic heterocycles. The van der Waals surface area contributed by atoms with Gasteiger partial charge in [0.05, 0.1) is 16.9 Å². The summed E-state index contributed by atoms with van der Waals surface area (Å²) in [6, 6.07) is 5.55. The lowest BCUT2D eigenvalue weighted by Crippen LogP contribution is -2.07. The fraction of sp³-hybridized carbons (Fsp3) is 0.267. The van der Waals surface area contributed by atoms with Gasteiger partial charge in [-0.3, -0.25) is 4.68 Å². The Balaban J connectivity index is 1.99. The van der Waals surface area contributed by atoms with Crippen molar-refractivity contribution >= 4 is 38.4 Å². The molecule has 0 atom stereocenters. The summed E-state index contributed by atoms with van der Waals surface area (Å²) in [6.07, 6.45) is 2.15. The van der Waals surface area contributed by atoms with Crippen molar-refractivity contribution in [3.8, 4) is 11.6 Å². The van der Waals surface area contributed by atoms with Crippen LogP contribution in [0, 0.1) is 6.92 Å². The Kier molecular flexibility index (Phi) is 3.13. The second-order valence-corrected chi connectivity index (χ2v) is 6.70. The largest absolute Gasteiger partial charge is 0.401 e. The van der Waals surface area contributed by atoms with Crippen molar-refractivity contribution in [2.75, 3.05) is 0 Å². The first-order valence-corrected chi connectivity index (χ1v) is 8.06. The SMILES string of the molecule is Cc1cc(Cl)cc2c(=O)oc(-c3cc(Br)nn3C3CC3)nc12. The third-order valence-corrected chi connectivity index (χ3v) is 4.31. The fourth-order valence-electron chi connectivity index (χ4n) is 2.54. The Morgan fingerprint density at radius 1 is 1.36 bits per heavy atom. The number of benzene rings is 1. The Labute approximate surface area is 139 Å². The summed E-state index contributed by atoms with van der Waals surface area (Å²) in [5.74, 6) is 0.285. The van der Waals surface area contributed by atoms with Gasteiger partial charge in [0.15, 0.2) is 0 Å². The number of fused-ring (bicyclic) bond motifs is 1. The van der Waals surface area contributed by atoms with Crippen molar-refractivity contribution in [1.82, 2.24) is 14.8 Å². The molecular weight excluding hydrogens is 370 g/mol. The standard InChI is InChI=1S/C15H11BrClN3O2/c1-7-4-8(17)5-10-13(7)18-14(22-15(10)21)11-6-12(16)19-20(11)9-2-3-9/h4-6,9H,2-3H2,1H3. The Bertz CT molecular complexity index is 959. The van der Waals surface area contributed by atoms with E-state index in [4.69, 9.17) is 16.0 Å². The number of aromatic nitrogens is 3. The normalized spacial score (nSPS) is 14.7. The zero-order valence-corrected chi connectivity index (χ0v) is 14.0. The first-order chi connectivity index (χ1) is 10.5. The summed E-state index contributed by atoms with van der Waals surface area (Å²) >= 11 is 9.37. The van der Waals surface area contributed by atoms with E-state index in [2.05, 4.69) is 26.0 Å². The van der Waals surface area contributed by atoms with Crippen molar-refractivity contribution < 1.29 is 4.42 Å². The van der Waals surface area contributed by atoms with Crippen molar-refractivity contribution in [1.29, 1.82) is 0 Å². The van der Waals surface area contributed by atoms with Crippen molar-refractivity contribution in [2.45, 2.75) is 25.8 Å². The molecule has 0 bridgehead atoms. The number of rotatable bonds is 2. The molecule has 1 saturated carbocycles. The van der Waals surface area contributed by atoms with Gasteiger partial charge in [-0.15, -0.1) is 0 Å². The highest BCUT2D eigenvalue weighted by Gasteiger charge is 2.29. The average Bonchev–Trinajstić information content (AvgIpc) is 3.22. The van der Waals surface area contributed by atoms with Crippen molar-refractivity contribution in [3.63, 3.8) is 0 Å². The summed E-state index contributed by atoms with van der Waals surface area (Å²) in [6.45, 7) is 1.87. The van der Waals surface area contributed by atoms with Crippen LogP contribution in [0.25, 0.3) is 22.5 Å². The van der Waals surface area contributed by atoms with Gasteiger partial charge in [-0.1, -0.05) is 11.6 Å². The third-order valence-electron chi connectivity index (χ3n) is 3.71. The molecule has 22 heavy (non-hydrogen) atoms. The molecular formula is C15H11BrClN3O2. The first kappa shape index (κ1) is 14.0. The maximum atomic E-state index is 12.3. The summed E-state index contributed by atoms with van der Waals surface area (Å²) in [7, 11) is 0. The average molecular weight is 381 g/mol. The highest BCUT2D eigenvalue weighted by atomic mass is 79.9. The molecule has 3 aromatic rings. The van der Waals surface area contributed by atoms with E-state index in [-0.39, 0.29) is 5.89 Å². The van der Waals surface area contributed by atoms with E-state index in [0.29, 0.717) is 32.3 Å². The van der Waals surface area contributed by atoms with Gasteiger partial charge in [0.1, 0.15) is 10.3 Å². The second kappa shape index (κ2) is 4.93. The van der Waals surface area contributed by atoms with E-state index in [1.807, 2.05) is 17.7 Å². The highest BCUT2D eigenvalue weighted by molar-refractivity contribution is 9.10. The van der Waals surface area contributed by atoms with Crippen LogP contribution in [0.3, 0.4) is 0 Å². The lowest BCUT2D eigenvalue weighted by atomic mass is 10.1. The summed E-state index contributed by atoms with van der Waals surface area (Å²) in [4.78, 5) is 16.8. The molecule has 0 aliphatic heterocycles. The molecule has 5 nitrogen and oxygen atoms in total. The van der Waals surface area contributed by atoms with E-state index in [1.165, 1.54) is 0 Å². The quantitative estimate of drug-likeness (QED) is 0.671. The van der Waals surface area contributed by atoms with E-state index in [9.17, 15) is 4.79 Å². The van der Waals surface area contributed by atoms with Gasteiger partial charge in [-0.2, -0.15) is 5.10 Å². The molecule has 0 N–H and O–H groups in total. The minimum atomic E-state index is -0.440. The molecule has 1 fully saturated rings. The maximum absolute atomic E-state index is 12.3. The van der Waals surface area contributed by atoms with Crippen LogP contribution in [0.15, 0.2) is 32.0 Å². The first-order valence-electron chi connectivity index (χ1n) is 6.89. The van der Waals surface area contributed by atoms with Crippen LogP contribution >= 0.6 is 27.5 Å². The number of aryl methyl sites for hydroxylation is 1. The number of halogens is 2. The predicted octanol–water partition coefficient (Wildman–Crippen LogP) is 4.11. The van der Waals surface area contributed by atoms with Crippen LogP contribution in [-0.2, 0) is 0 Å².